The number of carboxylic acids is 1. The smallest absolute Gasteiger partial charge is 0.332 e. The fraction of sp³-hybridized carbons (Fsp3) is 0.846. The zero-order valence-corrected chi connectivity index (χ0v) is 11.0. The Kier molecular flexibility index (Phi) is 3.45. The Morgan fingerprint density at radius 3 is 2.11 bits per heavy atom. The molecule has 0 radical (unpaired) electrons. The van der Waals surface area contributed by atoms with Crippen molar-refractivity contribution in [3.8, 4) is 0 Å². The quantitative estimate of drug-likeness (QED) is 0.775. The highest BCUT2D eigenvalue weighted by molar-refractivity contribution is 5.82. The van der Waals surface area contributed by atoms with Gasteiger partial charge in [0.05, 0.1) is 0 Å². The summed E-state index contributed by atoms with van der Waals surface area (Å²) in [6.07, 6.45) is 2.20. The van der Waals surface area contributed by atoms with Crippen molar-refractivity contribution in [2.24, 2.45) is 0 Å². The molecule has 3 rings (SSSR count). The molecule has 19 heavy (non-hydrogen) atoms. The van der Waals surface area contributed by atoms with Gasteiger partial charge in [-0.25, -0.2) is 4.79 Å². The van der Waals surface area contributed by atoms with E-state index in [9.17, 15) is 9.59 Å². The van der Waals surface area contributed by atoms with Gasteiger partial charge in [0, 0.05) is 32.2 Å². The van der Waals surface area contributed by atoms with Crippen LogP contribution in [0.3, 0.4) is 0 Å². The Bertz CT molecular complexity index is 375. The highest BCUT2D eigenvalue weighted by atomic mass is 16.5. The number of amides is 1. The molecule has 1 saturated carbocycles. The van der Waals surface area contributed by atoms with E-state index in [2.05, 4.69) is 4.90 Å². The number of aliphatic carboxylic acids is 1. The normalized spacial score (nSPS) is 32.5. The first-order valence-corrected chi connectivity index (χ1v) is 7.06. The molecule has 0 unspecified atom stereocenters. The molecular formula is C13H20N2O4. The van der Waals surface area contributed by atoms with Crippen molar-refractivity contribution >= 4 is 11.9 Å². The second-order valence-corrected chi connectivity index (χ2v) is 5.62. The number of hydrogen-bond donors (Lipinski definition) is 1. The number of carbonyl (C=O) groups excluding carboxylic acids is 1. The summed E-state index contributed by atoms with van der Waals surface area (Å²) >= 11 is 0. The zero-order valence-electron chi connectivity index (χ0n) is 11.0. The van der Waals surface area contributed by atoms with Gasteiger partial charge in [-0.2, -0.15) is 0 Å². The molecule has 0 aromatic heterocycles. The van der Waals surface area contributed by atoms with E-state index in [1.165, 1.54) is 12.8 Å². The number of nitrogens with zero attached hydrogens (tertiary/aromatic N) is 2. The number of ether oxygens (including phenoxy) is 1. The van der Waals surface area contributed by atoms with E-state index in [0.717, 1.165) is 32.2 Å². The van der Waals surface area contributed by atoms with E-state index < -0.39 is 18.2 Å². The average molecular weight is 268 g/mol. The lowest BCUT2D eigenvalue weighted by molar-refractivity contribution is -0.155. The molecule has 0 aromatic carbocycles. The molecule has 0 aromatic rings. The summed E-state index contributed by atoms with van der Waals surface area (Å²) in [6, 6.07) is 0.747. The summed E-state index contributed by atoms with van der Waals surface area (Å²) in [7, 11) is 0. The van der Waals surface area contributed by atoms with E-state index in [1.54, 1.807) is 0 Å². The van der Waals surface area contributed by atoms with Gasteiger partial charge >= 0.3 is 5.97 Å². The molecule has 1 aliphatic carbocycles. The number of carbonyl (C=O) groups is 2. The molecule has 0 spiro atoms. The van der Waals surface area contributed by atoms with Gasteiger partial charge in [0.25, 0.3) is 5.91 Å². The molecule has 2 heterocycles. The van der Waals surface area contributed by atoms with E-state index in [1.807, 2.05) is 4.90 Å². The standard InChI is InChI=1S/C13H20N2O4/c16-12(10-3-4-11(19-10)13(17)18)15-7-5-14(6-8-15)9-1-2-9/h9-11H,1-8H2,(H,17,18)/t10-,11+/m0/s1. The molecule has 6 heteroatoms. The van der Waals surface area contributed by atoms with Crippen LogP contribution in [0.15, 0.2) is 0 Å². The second-order valence-electron chi connectivity index (χ2n) is 5.62. The minimum absolute atomic E-state index is 0.0285. The molecule has 0 bridgehead atoms. The van der Waals surface area contributed by atoms with Gasteiger partial charge in [0.1, 0.15) is 6.10 Å². The molecular weight excluding hydrogens is 248 g/mol. The van der Waals surface area contributed by atoms with Crippen LogP contribution in [0, 0.1) is 0 Å². The highest BCUT2D eigenvalue weighted by Crippen LogP contribution is 2.28. The summed E-state index contributed by atoms with van der Waals surface area (Å²) in [5.74, 6) is -0.993. The molecule has 1 amide bonds. The second kappa shape index (κ2) is 5.09. The van der Waals surface area contributed by atoms with Crippen molar-refractivity contribution in [2.45, 2.75) is 43.9 Å². The van der Waals surface area contributed by atoms with Gasteiger partial charge < -0.3 is 14.7 Å². The van der Waals surface area contributed by atoms with Crippen LogP contribution in [-0.4, -0.2) is 71.2 Å². The lowest BCUT2D eigenvalue weighted by Crippen LogP contribution is -2.52. The van der Waals surface area contributed by atoms with Gasteiger partial charge in [0.15, 0.2) is 6.10 Å². The first-order chi connectivity index (χ1) is 9.15. The lowest BCUT2D eigenvalue weighted by atomic mass is 10.1. The molecule has 2 atom stereocenters. The predicted molar refractivity (Wildman–Crippen MR) is 66.7 cm³/mol. The van der Waals surface area contributed by atoms with Crippen LogP contribution in [0.5, 0.6) is 0 Å². The molecule has 2 aliphatic heterocycles. The van der Waals surface area contributed by atoms with E-state index >= 15 is 0 Å². The SMILES string of the molecule is O=C(O)[C@H]1CC[C@@H](C(=O)N2CCN(C3CC3)CC2)O1. The third-order valence-corrected chi connectivity index (χ3v) is 4.26. The molecule has 6 nitrogen and oxygen atoms in total. The summed E-state index contributed by atoms with van der Waals surface area (Å²) < 4.78 is 5.32. The van der Waals surface area contributed by atoms with Crippen molar-refractivity contribution in [3.05, 3.63) is 0 Å². The maximum atomic E-state index is 12.3. The summed E-state index contributed by atoms with van der Waals surface area (Å²) in [4.78, 5) is 27.3. The Morgan fingerprint density at radius 2 is 1.58 bits per heavy atom. The minimum atomic E-state index is -0.964. The van der Waals surface area contributed by atoms with Crippen molar-refractivity contribution in [3.63, 3.8) is 0 Å². The van der Waals surface area contributed by atoms with Crippen molar-refractivity contribution < 1.29 is 19.4 Å². The maximum Gasteiger partial charge on any atom is 0.332 e. The molecule has 106 valence electrons. The number of hydrogen-bond acceptors (Lipinski definition) is 4. The predicted octanol–water partition coefficient (Wildman–Crippen LogP) is -0.0748. The first-order valence-electron chi connectivity index (χ1n) is 7.06. The third kappa shape index (κ3) is 2.74. The Labute approximate surface area is 112 Å². The Hall–Kier alpha value is -1.14. The van der Waals surface area contributed by atoms with Crippen molar-refractivity contribution in [1.29, 1.82) is 0 Å². The first kappa shape index (κ1) is 12.9. The Balaban J connectivity index is 1.49. The zero-order chi connectivity index (χ0) is 13.4. The number of rotatable bonds is 3. The van der Waals surface area contributed by atoms with Crippen LogP contribution in [0.2, 0.25) is 0 Å². The summed E-state index contributed by atoms with van der Waals surface area (Å²) in [5, 5.41) is 8.87. The fourth-order valence-corrected chi connectivity index (χ4v) is 2.95. The molecule has 2 saturated heterocycles. The van der Waals surface area contributed by atoms with E-state index in [0.29, 0.717) is 12.8 Å². The summed E-state index contributed by atoms with van der Waals surface area (Å²) in [5.41, 5.74) is 0. The van der Waals surface area contributed by atoms with Crippen LogP contribution < -0.4 is 0 Å². The van der Waals surface area contributed by atoms with Gasteiger partial charge in [-0.3, -0.25) is 9.69 Å². The van der Waals surface area contributed by atoms with Crippen LogP contribution >= 0.6 is 0 Å². The van der Waals surface area contributed by atoms with E-state index in [-0.39, 0.29) is 5.91 Å². The van der Waals surface area contributed by atoms with Gasteiger partial charge in [-0.15, -0.1) is 0 Å². The molecule has 3 aliphatic rings. The lowest BCUT2D eigenvalue weighted by Gasteiger charge is -2.35. The number of carboxylic acid groups (broad SMARTS) is 1. The van der Waals surface area contributed by atoms with Gasteiger partial charge in [0.2, 0.25) is 0 Å². The van der Waals surface area contributed by atoms with Crippen LogP contribution in [-0.2, 0) is 14.3 Å². The highest BCUT2D eigenvalue weighted by Gasteiger charge is 2.38. The van der Waals surface area contributed by atoms with Crippen molar-refractivity contribution in [1.82, 2.24) is 9.80 Å². The van der Waals surface area contributed by atoms with Crippen molar-refractivity contribution in [2.75, 3.05) is 26.2 Å². The largest absolute Gasteiger partial charge is 0.479 e. The summed E-state index contributed by atoms with van der Waals surface area (Å²) in [6.45, 7) is 3.36. The van der Waals surface area contributed by atoms with Gasteiger partial charge in [-0.05, 0) is 25.7 Å². The Morgan fingerprint density at radius 1 is 0.947 bits per heavy atom. The topological polar surface area (TPSA) is 70.1 Å². The maximum absolute atomic E-state index is 12.3. The third-order valence-electron chi connectivity index (χ3n) is 4.26. The minimum Gasteiger partial charge on any atom is -0.479 e. The fourth-order valence-electron chi connectivity index (χ4n) is 2.95. The van der Waals surface area contributed by atoms with Crippen LogP contribution in [0.1, 0.15) is 25.7 Å². The molecule has 3 fully saturated rings. The van der Waals surface area contributed by atoms with Crippen LogP contribution in [0.25, 0.3) is 0 Å². The van der Waals surface area contributed by atoms with Gasteiger partial charge in [-0.1, -0.05) is 0 Å². The van der Waals surface area contributed by atoms with E-state index in [4.69, 9.17) is 9.84 Å². The average Bonchev–Trinajstić information content (AvgIpc) is 3.14. The van der Waals surface area contributed by atoms with Crippen LogP contribution in [0.4, 0.5) is 0 Å². The molecule has 1 N–H and O–H groups in total. The number of piperazine rings is 1. The monoisotopic (exact) mass is 268 g/mol.